The first-order chi connectivity index (χ1) is 7.63. The molecule has 84 valence electrons. The van der Waals surface area contributed by atoms with Crippen LogP contribution in [0.5, 0.6) is 0 Å². The number of hydrogen-bond donors (Lipinski definition) is 2. The summed E-state index contributed by atoms with van der Waals surface area (Å²) in [4.78, 5) is 0. The van der Waals surface area contributed by atoms with Gasteiger partial charge in [-0.2, -0.15) is 0 Å². The average Bonchev–Trinajstić information content (AvgIpc) is 2.30. The van der Waals surface area contributed by atoms with Gasteiger partial charge in [0.1, 0.15) is 0 Å². The summed E-state index contributed by atoms with van der Waals surface area (Å²) in [5, 5.41) is 19.1. The Kier molecular flexibility index (Phi) is 3.28. The second kappa shape index (κ2) is 4.53. The molecular formula is C13H13BrO2. The van der Waals surface area contributed by atoms with Gasteiger partial charge in [-0.1, -0.05) is 42.5 Å². The van der Waals surface area contributed by atoms with E-state index in [0.29, 0.717) is 5.57 Å². The molecule has 2 atom stereocenters. The van der Waals surface area contributed by atoms with E-state index >= 15 is 0 Å². The molecular weight excluding hydrogens is 268 g/mol. The first-order valence-corrected chi connectivity index (χ1v) is 5.90. The molecule has 2 N–H and O–H groups in total. The lowest BCUT2D eigenvalue weighted by Gasteiger charge is -2.26. The Morgan fingerprint density at radius 2 is 1.94 bits per heavy atom. The van der Waals surface area contributed by atoms with Crippen LogP contribution < -0.4 is 0 Å². The highest BCUT2D eigenvalue weighted by Gasteiger charge is 2.28. The fraction of sp³-hybridized carbons (Fsp3) is 0.231. The van der Waals surface area contributed by atoms with E-state index in [4.69, 9.17) is 0 Å². The largest absolute Gasteiger partial charge is 0.392 e. The van der Waals surface area contributed by atoms with Gasteiger partial charge in [0.2, 0.25) is 0 Å². The fourth-order valence-electron chi connectivity index (χ4n) is 1.77. The maximum absolute atomic E-state index is 9.90. The lowest BCUT2D eigenvalue weighted by atomic mass is 9.90. The molecule has 1 aromatic rings. The Bertz CT molecular complexity index is 421. The van der Waals surface area contributed by atoms with Crippen LogP contribution in [0.2, 0.25) is 0 Å². The zero-order valence-corrected chi connectivity index (χ0v) is 10.3. The van der Waals surface area contributed by atoms with E-state index in [2.05, 4.69) is 15.9 Å². The molecule has 1 aromatic carbocycles. The Labute approximate surface area is 103 Å². The summed E-state index contributed by atoms with van der Waals surface area (Å²) in [5.41, 5.74) is 1.72. The van der Waals surface area contributed by atoms with E-state index in [0.717, 1.165) is 5.56 Å². The summed E-state index contributed by atoms with van der Waals surface area (Å²) >= 11 is 3.16. The van der Waals surface area contributed by atoms with Gasteiger partial charge in [0, 0.05) is 5.92 Å². The van der Waals surface area contributed by atoms with Crippen molar-refractivity contribution in [1.29, 1.82) is 0 Å². The van der Waals surface area contributed by atoms with Crippen LogP contribution in [-0.4, -0.2) is 21.3 Å². The second-order valence-electron chi connectivity index (χ2n) is 3.82. The molecule has 2 nitrogen and oxygen atoms in total. The number of aliphatic hydroxyl groups is 2. The van der Waals surface area contributed by atoms with Gasteiger partial charge in [-0.3, -0.25) is 0 Å². The molecule has 16 heavy (non-hydrogen) atoms. The normalized spacial score (nSPS) is 28.9. The summed E-state index contributed by atoms with van der Waals surface area (Å²) in [6, 6.07) is 9.97. The summed E-state index contributed by atoms with van der Waals surface area (Å²) in [5.74, 6) is 0.112. The van der Waals surface area contributed by atoms with Crippen LogP contribution in [-0.2, 0) is 0 Å². The van der Waals surface area contributed by atoms with E-state index in [1.807, 2.05) is 42.5 Å². The molecule has 2 unspecified atom stereocenters. The molecule has 1 aliphatic rings. The van der Waals surface area contributed by atoms with E-state index in [-0.39, 0.29) is 12.5 Å². The number of benzene rings is 1. The maximum atomic E-state index is 9.90. The SMILES string of the molecule is OCC1=CC(c2ccccc2)C=CC1(O)Br. The van der Waals surface area contributed by atoms with Crippen LogP contribution in [0.3, 0.4) is 0 Å². The van der Waals surface area contributed by atoms with E-state index in [1.54, 1.807) is 6.08 Å². The predicted molar refractivity (Wildman–Crippen MR) is 67.4 cm³/mol. The van der Waals surface area contributed by atoms with Crippen molar-refractivity contribution in [2.45, 2.75) is 10.4 Å². The van der Waals surface area contributed by atoms with Crippen molar-refractivity contribution >= 4 is 15.9 Å². The van der Waals surface area contributed by atoms with Crippen LogP contribution in [0.4, 0.5) is 0 Å². The van der Waals surface area contributed by atoms with Crippen LogP contribution in [0.1, 0.15) is 11.5 Å². The zero-order chi connectivity index (χ0) is 11.6. The van der Waals surface area contributed by atoms with Gasteiger partial charge < -0.3 is 10.2 Å². The monoisotopic (exact) mass is 280 g/mol. The van der Waals surface area contributed by atoms with Crippen molar-refractivity contribution in [2.24, 2.45) is 0 Å². The van der Waals surface area contributed by atoms with Crippen molar-refractivity contribution < 1.29 is 10.2 Å². The molecule has 0 spiro atoms. The molecule has 0 saturated heterocycles. The topological polar surface area (TPSA) is 40.5 Å². The zero-order valence-electron chi connectivity index (χ0n) is 8.68. The van der Waals surface area contributed by atoms with Gasteiger partial charge in [0.25, 0.3) is 0 Å². The molecule has 0 fully saturated rings. The first-order valence-electron chi connectivity index (χ1n) is 5.11. The Morgan fingerprint density at radius 1 is 1.25 bits per heavy atom. The van der Waals surface area contributed by atoms with Gasteiger partial charge >= 0.3 is 0 Å². The Morgan fingerprint density at radius 3 is 2.56 bits per heavy atom. The molecule has 0 radical (unpaired) electrons. The number of hydrogen-bond acceptors (Lipinski definition) is 2. The molecule has 0 heterocycles. The summed E-state index contributed by atoms with van der Waals surface area (Å²) in [6.07, 6.45) is 5.46. The van der Waals surface area contributed by atoms with Crippen LogP contribution in [0.15, 0.2) is 54.1 Å². The highest BCUT2D eigenvalue weighted by atomic mass is 79.9. The second-order valence-corrected chi connectivity index (χ2v) is 5.03. The molecule has 0 bridgehead atoms. The lowest BCUT2D eigenvalue weighted by Crippen LogP contribution is -2.25. The van der Waals surface area contributed by atoms with Gasteiger partial charge in [-0.25, -0.2) is 0 Å². The van der Waals surface area contributed by atoms with Crippen molar-refractivity contribution in [3.63, 3.8) is 0 Å². The van der Waals surface area contributed by atoms with Gasteiger partial charge in [0.15, 0.2) is 4.51 Å². The van der Waals surface area contributed by atoms with Crippen LogP contribution in [0, 0.1) is 0 Å². The minimum absolute atomic E-state index is 0.112. The smallest absolute Gasteiger partial charge is 0.161 e. The summed E-state index contributed by atoms with van der Waals surface area (Å²) in [7, 11) is 0. The fourth-order valence-corrected chi connectivity index (χ4v) is 2.18. The van der Waals surface area contributed by atoms with Gasteiger partial charge in [-0.05, 0) is 33.1 Å². The number of allylic oxidation sites excluding steroid dienone is 2. The number of aliphatic hydroxyl groups excluding tert-OH is 1. The number of rotatable bonds is 2. The first kappa shape index (κ1) is 11.6. The Hall–Kier alpha value is -0.900. The summed E-state index contributed by atoms with van der Waals surface area (Å²) in [6.45, 7) is -0.157. The van der Waals surface area contributed by atoms with Crippen molar-refractivity contribution in [1.82, 2.24) is 0 Å². The summed E-state index contributed by atoms with van der Waals surface area (Å²) < 4.78 is -1.20. The number of alkyl halides is 1. The van der Waals surface area contributed by atoms with Gasteiger partial charge in [-0.15, -0.1) is 0 Å². The standard InChI is InChI=1S/C13H13BrO2/c14-13(16)7-6-11(8-12(13)9-15)10-4-2-1-3-5-10/h1-8,11,15-16H,9H2. The van der Waals surface area contributed by atoms with E-state index in [1.165, 1.54) is 0 Å². The molecule has 0 saturated carbocycles. The molecule has 2 rings (SSSR count). The van der Waals surface area contributed by atoms with Gasteiger partial charge in [0.05, 0.1) is 6.61 Å². The number of halogens is 1. The lowest BCUT2D eigenvalue weighted by molar-refractivity contribution is 0.201. The third-order valence-electron chi connectivity index (χ3n) is 2.71. The van der Waals surface area contributed by atoms with Crippen LogP contribution in [0.25, 0.3) is 0 Å². The maximum Gasteiger partial charge on any atom is 0.161 e. The quantitative estimate of drug-likeness (QED) is 0.645. The minimum Gasteiger partial charge on any atom is -0.392 e. The Balaban J connectivity index is 2.31. The molecule has 0 amide bonds. The van der Waals surface area contributed by atoms with E-state index < -0.39 is 4.51 Å². The van der Waals surface area contributed by atoms with E-state index in [9.17, 15) is 10.2 Å². The molecule has 1 aliphatic carbocycles. The average molecular weight is 281 g/mol. The molecule has 0 aromatic heterocycles. The van der Waals surface area contributed by atoms with Crippen molar-refractivity contribution in [2.75, 3.05) is 6.61 Å². The highest BCUT2D eigenvalue weighted by molar-refractivity contribution is 9.10. The molecule has 3 heteroatoms. The van der Waals surface area contributed by atoms with Crippen LogP contribution >= 0.6 is 15.9 Å². The third-order valence-corrected chi connectivity index (χ3v) is 3.48. The minimum atomic E-state index is -1.20. The predicted octanol–water partition coefficient (Wildman–Crippen LogP) is 2.34. The van der Waals surface area contributed by atoms with Crippen molar-refractivity contribution in [3.8, 4) is 0 Å². The van der Waals surface area contributed by atoms with Crippen molar-refractivity contribution in [3.05, 3.63) is 59.7 Å². The molecule has 0 aliphatic heterocycles. The third kappa shape index (κ3) is 2.26. The highest BCUT2D eigenvalue weighted by Crippen LogP contribution is 2.35.